The highest BCUT2D eigenvalue weighted by atomic mass is 35.5. The SMILES string of the molecule is N#Cc1ncc(Cl)c(C=O)c1C(F)F. The number of alkyl halides is 2. The van der Waals surface area contributed by atoms with Crippen LogP contribution < -0.4 is 0 Å². The van der Waals surface area contributed by atoms with E-state index in [0.717, 1.165) is 6.20 Å². The molecular weight excluding hydrogens is 214 g/mol. The lowest BCUT2D eigenvalue weighted by Gasteiger charge is -2.05. The molecule has 0 unspecified atom stereocenters. The third-order valence-electron chi connectivity index (χ3n) is 1.55. The first-order valence-electron chi connectivity index (χ1n) is 3.43. The van der Waals surface area contributed by atoms with Gasteiger partial charge in [-0.15, -0.1) is 0 Å². The van der Waals surface area contributed by atoms with Gasteiger partial charge in [-0.05, 0) is 0 Å². The fourth-order valence-corrected chi connectivity index (χ4v) is 1.14. The number of nitriles is 1. The molecule has 0 bridgehead atoms. The molecule has 0 N–H and O–H groups in total. The summed E-state index contributed by atoms with van der Waals surface area (Å²) in [6.45, 7) is 0. The highest BCUT2D eigenvalue weighted by Crippen LogP contribution is 2.28. The Morgan fingerprint density at radius 1 is 1.64 bits per heavy atom. The van der Waals surface area contributed by atoms with Gasteiger partial charge in [-0.1, -0.05) is 11.6 Å². The van der Waals surface area contributed by atoms with Gasteiger partial charge in [-0.25, -0.2) is 13.8 Å². The standard InChI is InChI=1S/C8H3ClF2N2O/c9-5-2-13-6(1-12)7(8(10)11)4(5)3-14/h2-3,8H. The van der Waals surface area contributed by atoms with E-state index in [1.807, 2.05) is 0 Å². The maximum atomic E-state index is 12.4. The average molecular weight is 217 g/mol. The number of rotatable bonds is 2. The normalized spacial score (nSPS) is 9.93. The Morgan fingerprint density at radius 2 is 2.29 bits per heavy atom. The summed E-state index contributed by atoms with van der Waals surface area (Å²) >= 11 is 5.47. The van der Waals surface area contributed by atoms with Crippen LogP contribution in [0.2, 0.25) is 5.02 Å². The smallest absolute Gasteiger partial charge is 0.267 e. The van der Waals surface area contributed by atoms with Gasteiger partial charge in [0.15, 0.2) is 6.29 Å². The molecule has 1 rings (SSSR count). The van der Waals surface area contributed by atoms with Gasteiger partial charge >= 0.3 is 0 Å². The van der Waals surface area contributed by atoms with Crippen LogP contribution in [0.5, 0.6) is 0 Å². The molecule has 0 spiro atoms. The zero-order chi connectivity index (χ0) is 10.7. The van der Waals surface area contributed by atoms with Gasteiger partial charge in [0.25, 0.3) is 6.43 Å². The van der Waals surface area contributed by atoms with E-state index in [4.69, 9.17) is 16.9 Å². The molecule has 0 amide bonds. The predicted octanol–water partition coefficient (Wildman–Crippen LogP) is 2.36. The van der Waals surface area contributed by atoms with Crippen molar-refractivity contribution >= 4 is 17.9 Å². The number of aldehydes is 1. The van der Waals surface area contributed by atoms with E-state index in [1.54, 1.807) is 0 Å². The molecule has 0 atom stereocenters. The summed E-state index contributed by atoms with van der Waals surface area (Å²) in [5.74, 6) is 0. The zero-order valence-electron chi connectivity index (χ0n) is 6.67. The van der Waals surface area contributed by atoms with Gasteiger partial charge in [0.1, 0.15) is 11.8 Å². The van der Waals surface area contributed by atoms with E-state index in [0.29, 0.717) is 0 Å². The van der Waals surface area contributed by atoms with E-state index in [9.17, 15) is 13.6 Å². The van der Waals surface area contributed by atoms with Crippen LogP contribution in [0.25, 0.3) is 0 Å². The second-order valence-electron chi connectivity index (χ2n) is 2.31. The molecule has 1 aromatic heterocycles. The fourth-order valence-electron chi connectivity index (χ4n) is 0.946. The largest absolute Gasteiger partial charge is 0.298 e. The van der Waals surface area contributed by atoms with Gasteiger partial charge in [0.2, 0.25) is 0 Å². The van der Waals surface area contributed by atoms with Gasteiger partial charge in [0, 0.05) is 11.8 Å². The van der Waals surface area contributed by atoms with Crippen molar-refractivity contribution in [2.45, 2.75) is 6.43 Å². The minimum atomic E-state index is -2.95. The fraction of sp³-hybridized carbons (Fsp3) is 0.125. The molecule has 14 heavy (non-hydrogen) atoms. The summed E-state index contributed by atoms with van der Waals surface area (Å²) in [6, 6.07) is 1.47. The van der Waals surface area contributed by atoms with Crippen LogP contribution in [0.15, 0.2) is 6.20 Å². The topological polar surface area (TPSA) is 53.8 Å². The lowest BCUT2D eigenvalue weighted by molar-refractivity contribution is 0.110. The van der Waals surface area contributed by atoms with Crippen molar-refractivity contribution in [2.24, 2.45) is 0 Å². The summed E-state index contributed by atoms with van der Waals surface area (Å²) in [5, 5.41) is 8.29. The summed E-state index contributed by atoms with van der Waals surface area (Å²) in [7, 11) is 0. The molecular formula is C8H3ClF2N2O. The van der Waals surface area contributed by atoms with Crippen molar-refractivity contribution in [3.63, 3.8) is 0 Å². The van der Waals surface area contributed by atoms with Gasteiger partial charge in [-0.3, -0.25) is 4.79 Å². The summed E-state index contributed by atoms with van der Waals surface area (Å²) < 4.78 is 24.9. The molecule has 0 aliphatic carbocycles. The van der Waals surface area contributed by atoms with E-state index in [1.165, 1.54) is 6.07 Å². The first-order valence-corrected chi connectivity index (χ1v) is 3.81. The van der Waals surface area contributed by atoms with Crippen LogP contribution in [0, 0.1) is 11.3 Å². The molecule has 0 radical (unpaired) electrons. The van der Waals surface area contributed by atoms with Gasteiger partial charge < -0.3 is 0 Å². The van der Waals surface area contributed by atoms with E-state index < -0.39 is 17.7 Å². The van der Waals surface area contributed by atoms with E-state index >= 15 is 0 Å². The number of pyridine rings is 1. The Kier molecular flexibility index (Phi) is 3.10. The second kappa shape index (κ2) is 4.11. The lowest BCUT2D eigenvalue weighted by atomic mass is 10.1. The van der Waals surface area contributed by atoms with Crippen LogP contribution in [0.4, 0.5) is 8.78 Å². The van der Waals surface area contributed by atoms with Gasteiger partial charge in [-0.2, -0.15) is 5.26 Å². The average Bonchev–Trinajstić information content (AvgIpc) is 2.17. The summed E-state index contributed by atoms with van der Waals surface area (Å²) in [6.07, 6.45) is -1.77. The maximum Gasteiger partial charge on any atom is 0.267 e. The number of hydrogen-bond acceptors (Lipinski definition) is 3. The number of carbonyl (C=O) groups is 1. The molecule has 0 saturated carbocycles. The third kappa shape index (κ3) is 1.70. The zero-order valence-corrected chi connectivity index (χ0v) is 7.42. The quantitative estimate of drug-likeness (QED) is 0.713. The Bertz CT molecular complexity index is 415. The minimum absolute atomic E-state index is 0.186. The lowest BCUT2D eigenvalue weighted by Crippen LogP contribution is -2.01. The number of aromatic nitrogens is 1. The molecule has 0 aliphatic rings. The van der Waals surface area contributed by atoms with Crippen LogP contribution in [-0.4, -0.2) is 11.3 Å². The number of hydrogen-bond donors (Lipinski definition) is 0. The molecule has 0 aromatic carbocycles. The van der Waals surface area contributed by atoms with E-state index in [2.05, 4.69) is 4.98 Å². The Morgan fingerprint density at radius 3 is 2.71 bits per heavy atom. The Hall–Kier alpha value is -1.54. The molecule has 6 heteroatoms. The number of nitrogens with zero attached hydrogens (tertiary/aromatic N) is 2. The van der Waals surface area contributed by atoms with Crippen molar-refractivity contribution < 1.29 is 13.6 Å². The summed E-state index contributed by atoms with van der Waals surface area (Å²) in [4.78, 5) is 13.9. The van der Waals surface area contributed by atoms with Crippen LogP contribution in [0.3, 0.4) is 0 Å². The highest BCUT2D eigenvalue weighted by molar-refractivity contribution is 6.33. The molecule has 72 valence electrons. The van der Waals surface area contributed by atoms with Crippen molar-refractivity contribution in [3.8, 4) is 6.07 Å². The number of halogens is 3. The number of carbonyl (C=O) groups excluding carboxylic acids is 1. The van der Waals surface area contributed by atoms with Crippen molar-refractivity contribution in [1.82, 2.24) is 4.98 Å². The second-order valence-corrected chi connectivity index (χ2v) is 2.72. The molecule has 0 aliphatic heterocycles. The van der Waals surface area contributed by atoms with Crippen molar-refractivity contribution in [3.05, 3.63) is 28.0 Å². The molecule has 3 nitrogen and oxygen atoms in total. The Labute approximate surface area is 82.9 Å². The maximum absolute atomic E-state index is 12.4. The summed E-state index contributed by atoms with van der Waals surface area (Å²) in [5.41, 5.74) is -1.57. The molecule has 0 saturated heterocycles. The molecule has 0 fully saturated rings. The third-order valence-corrected chi connectivity index (χ3v) is 1.85. The molecule has 1 aromatic rings. The highest BCUT2D eigenvalue weighted by Gasteiger charge is 2.21. The molecule has 1 heterocycles. The van der Waals surface area contributed by atoms with Crippen molar-refractivity contribution in [2.75, 3.05) is 0 Å². The van der Waals surface area contributed by atoms with Crippen LogP contribution >= 0.6 is 11.6 Å². The first kappa shape index (κ1) is 10.5. The minimum Gasteiger partial charge on any atom is -0.298 e. The van der Waals surface area contributed by atoms with E-state index in [-0.39, 0.29) is 16.9 Å². The first-order chi connectivity index (χ1) is 6.61. The predicted molar refractivity (Wildman–Crippen MR) is 44.3 cm³/mol. The van der Waals surface area contributed by atoms with Gasteiger partial charge in [0.05, 0.1) is 10.6 Å². The monoisotopic (exact) mass is 216 g/mol. The van der Waals surface area contributed by atoms with Crippen LogP contribution in [-0.2, 0) is 0 Å². The Balaban J connectivity index is 3.54. The van der Waals surface area contributed by atoms with Crippen LogP contribution in [0.1, 0.15) is 28.0 Å². The van der Waals surface area contributed by atoms with Crippen molar-refractivity contribution in [1.29, 1.82) is 5.26 Å².